The molecule has 3 N–H and O–H groups in total. The van der Waals surface area contributed by atoms with Crippen molar-refractivity contribution in [1.29, 1.82) is 0 Å². The van der Waals surface area contributed by atoms with Gasteiger partial charge in [-0.25, -0.2) is 10.4 Å². The zero-order chi connectivity index (χ0) is 19.4. The van der Waals surface area contributed by atoms with E-state index in [1.807, 2.05) is 24.3 Å². The number of ether oxygens (including phenoxy) is 1. The molecular weight excluding hydrogens is 364 g/mol. The molecule has 3 rings (SSSR count). The molecule has 27 heavy (non-hydrogen) atoms. The summed E-state index contributed by atoms with van der Waals surface area (Å²) in [7, 11) is 1.52. The molecule has 0 saturated heterocycles. The Bertz CT molecular complexity index is 967. The van der Waals surface area contributed by atoms with Gasteiger partial charge < -0.3 is 15.2 Å². The summed E-state index contributed by atoms with van der Waals surface area (Å²) in [6.45, 7) is 3.44. The Morgan fingerprint density at radius 1 is 1.30 bits per heavy atom. The zero-order valence-corrected chi connectivity index (χ0v) is 16.0. The number of benzene rings is 2. The molecule has 0 fully saturated rings. The zero-order valence-electron chi connectivity index (χ0n) is 15.2. The number of methoxy groups -OCH3 is 1. The normalized spacial score (nSPS) is 12.6. The topological polar surface area (TPSA) is 95.8 Å². The Kier molecular flexibility index (Phi) is 5.56. The third-order valence-corrected chi connectivity index (χ3v) is 4.92. The van der Waals surface area contributed by atoms with Crippen molar-refractivity contribution in [3.05, 3.63) is 48.0 Å². The van der Waals surface area contributed by atoms with Crippen LogP contribution in [0.15, 0.2) is 47.6 Å². The second-order valence-corrected chi connectivity index (χ2v) is 6.94. The minimum Gasteiger partial charge on any atom is -0.507 e. The number of aromatic nitrogens is 1. The van der Waals surface area contributed by atoms with Crippen molar-refractivity contribution >= 4 is 38.3 Å². The average Bonchev–Trinajstić information content (AvgIpc) is 3.07. The molecule has 0 aliphatic rings. The lowest BCUT2D eigenvalue weighted by Gasteiger charge is -2.11. The fraction of sp³-hybridized carbons (Fsp3) is 0.211. The van der Waals surface area contributed by atoms with Crippen LogP contribution < -0.4 is 15.5 Å². The highest BCUT2D eigenvalue weighted by Gasteiger charge is 2.15. The van der Waals surface area contributed by atoms with Gasteiger partial charge in [-0.3, -0.25) is 4.79 Å². The van der Waals surface area contributed by atoms with Gasteiger partial charge in [0.2, 0.25) is 0 Å². The first-order valence-electron chi connectivity index (χ1n) is 8.31. The number of anilines is 1. The quantitative estimate of drug-likeness (QED) is 0.447. The molecule has 1 aromatic heterocycles. The first-order chi connectivity index (χ1) is 13.0. The van der Waals surface area contributed by atoms with Crippen LogP contribution in [0.1, 0.15) is 19.4 Å². The van der Waals surface area contributed by atoms with Crippen LogP contribution in [-0.4, -0.2) is 34.9 Å². The summed E-state index contributed by atoms with van der Waals surface area (Å²) in [4.78, 5) is 16.7. The van der Waals surface area contributed by atoms with Gasteiger partial charge >= 0.3 is 0 Å². The number of phenols is 1. The van der Waals surface area contributed by atoms with Crippen LogP contribution in [0.3, 0.4) is 0 Å². The van der Waals surface area contributed by atoms with Crippen LogP contribution in [0.25, 0.3) is 10.2 Å². The second kappa shape index (κ2) is 8.05. The first-order valence-corrected chi connectivity index (χ1v) is 9.13. The number of fused-ring (bicyclic) bond motifs is 1. The van der Waals surface area contributed by atoms with Gasteiger partial charge in [0.05, 0.1) is 23.0 Å². The van der Waals surface area contributed by atoms with Crippen LogP contribution in [0.2, 0.25) is 0 Å². The summed E-state index contributed by atoms with van der Waals surface area (Å²) < 4.78 is 6.11. The summed E-state index contributed by atoms with van der Waals surface area (Å²) in [5.41, 5.74) is 4.40. The molecule has 3 aromatic rings. The number of carbonyl (C=O) groups is 1. The van der Waals surface area contributed by atoms with Gasteiger partial charge in [-0.2, -0.15) is 5.10 Å². The van der Waals surface area contributed by atoms with E-state index in [-0.39, 0.29) is 11.7 Å². The van der Waals surface area contributed by atoms with E-state index in [1.165, 1.54) is 24.5 Å². The molecule has 0 radical (unpaired) electrons. The number of amides is 1. The number of nitrogens with one attached hydrogen (secondary N) is 2. The molecule has 8 heteroatoms. The SMILES string of the molecule is COc1ccc(/C(C)=N/NC(=O)[C@@H](C)Nc2nc3ccccc3s2)c(O)c1. The summed E-state index contributed by atoms with van der Waals surface area (Å²) in [5, 5.41) is 17.9. The number of phenolic OH excluding ortho intramolecular Hbond substituents is 1. The fourth-order valence-corrected chi connectivity index (χ4v) is 3.38. The fourth-order valence-electron chi connectivity index (χ4n) is 2.43. The maximum Gasteiger partial charge on any atom is 0.262 e. The minimum absolute atomic E-state index is 0.0329. The highest BCUT2D eigenvalue weighted by molar-refractivity contribution is 7.22. The summed E-state index contributed by atoms with van der Waals surface area (Å²) >= 11 is 1.49. The number of hydrogen-bond donors (Lipinski definition) is 3. The summed E-state index contributed by atoms with van der Waals surface area (Å²) in [6, 6.07) is 12.2. The van der Waals surface area contributed by atoms with Gasteiger partial charge in [-0.15, -0.1) is 0 Å². The Labute approximate surface area is 160 Å². The number of hydrogen-bond acceptors (Lipinski definition) is 7. The number of para-hydroxylation sites is 1. The van der Waals surface area contributed by atoms with E-state index in [0.717, 1.165) is 10.2 Å². The molecule has 0 unspecified atom stereocenters. The van der Waals surface area contributed by atoms with E-state index in [9.17, 15) is 9.90 Å². The van der Waals surface area contributed by atoms with Crippen LogP contribution in [0.4, 0.5) is 5.13 Å². The monoisotopic (exact) mass is 384 g/mol. The van der Waals surface area contributed by atoms with Crippen LogP contribution >= 0.6 is 11.3 Å². The molecule has 1 amide bonds. The van der Waals surface area contributed by atoms with Crippen molar-refractivity contribution < 1.29 is 14.6 Å². The molecule has 7 nitrogen and oxygen atoms in total. The lowest BCUT2D eigenvalue weighted by molar-refractivity contribution is -0.121. The number of nitrogens with zero attached hydrogens (tertiary/aromatic N) is 2. The maximum atomic E-state index is 12.3. The third kappa shape index (κ3) is 4.35. The van der Waals surface area contributed by atoms with E-state index >= 15 is 0 Å². The van der Waals surface area contributed by atoms with E-state index < -0.39 is 6.04 Å². The van der Waals surface area contributed by atoms with Gasteiger partial charge in [0.1, 0.15) is 17.5 Å². The predicted molar refractivity (Wildman–Crippen MR) is 108 cm³/mol. The van der Waals surface area contributed by atoms with Crippen LogP contribution in [0.5, 0.6) is 11.5 Å². The Balaban J connectivity index is 1.64. The molecule has 0 saturated carbocycles. The van der Waals surface area contributed by atoms with Crippen LogP contribution in [-0.2, 0) is 4.79 Å². The van der Waals surface area contributed by atoms with E-state index in [2.05, 4.69) is 20.8 Å². The molecule has 2 aromatic carbocycles. The average molecular weight is 384 g/mol. The molecule has 140 valence electrons. The van der Waals surface area contributed by atoms with Crippen molar-refractivity contribution in [2.24, 2.45) is 5.10 Å². The Hall–Kier alpha value is -3.13. The Morgan fingerprint density at radius 2 is 2.07 bits per heavy atom. The lowest BCUT2D eigenvalue weighted by atomic mass is 10.1. The van der Waals surface area contributed by atoms with Gasteiger partial charge in [-0.05, 0) is 38.1 Å². The standard InChI is InChI=1S/C19H20N4O3S/c1-11(14-9-8-13(26-3)10-16(14)24)22-23-18(25)12(2)20-19-21-15-6-4-5-7-17(15)27-19/h4-10,12,24H,1-3H3,(H,20,21)(H,23,25)/b22-11+/t12-/m1/s1. The summed E-state index contributed by atoms with van der Waals surface area (Å²) in [5.74, 6) is 0.272. The van der Waals surface area contributed by atoms with Gasteiger partial charge in [-0.1, -0.05) is 23.5 Å². The van der Waals surface area contributed by atoms with Crippen molar-refractivity contribution in [2.75, 3.05) is 12.4 Å². The van der Waals surface area contributed by atoms with E-state index in [4.69, 9.17) is 4.74 Å². The largest absolute Gasteiger partial charge is 0.507 e. The van der Waals surface area contributed by atoms with Crippen molar-refractivity contribution in [1.82, 2.24) is 10.4 Å². The number of thiazole rings is 1. The van der Waals surface area contributed by atoms with Crippen molar-refractivity contribution in [3.8, 4) is 11.5 Å². The molecule has 0 aliphatic heterocycles. The van der Waals surface area contributed by atoms with Gasteiger partial charge in [0, 0.05) is 11.6 Å². The molecule has 0 aliphatic carbocycles. The second-order valence-electron chi connectivity index (χ2n) is 5.91. The maximum absolute atomic E-state index is 12.3. The smallest absolute Gasteiger partial charge is 0.262 e. The van der Waals surface area contributed by atoms with Crippen LogP contribution in [0, 0.1) is 0 Å². The van der Waals surface area contributed by atoms with Crippen molar-refractivity contribution in [3.63, 3.8) is 0 Å². The summed E-state index contributed by atoms with van der Waals surface area (Å²) in [6.07, 6.45) is 0. The number of hydrazone groups is 1. The minimum atomic E-state index is -0.522. The third-order valence-electron chi connectivity index (χ3n) is 3.96. The highest BCUT2D eigenvalue weighted by Crippen LogP contribution is 2.26. The van der Waals surface area contributed by atoms with E-state index in [0.29, 0.717) is 22.2 Å². The lowest BCUT2D eigenvalue weighted by Crippen LogP contribution is -2.35. The van der Waals surface area contributed by atoms with E-state index in [1.54, 1.807) is 26.0 Å². The molecule has 1 atom stereocenters. The highest BCUT2D eigenvalue weighted by atomic mass is 32.1. The molecule has 1 heterocycles. The van der Waals surface area contributed by atoms with Gasteiger partial charge in [0.25, 0.3) is 5.91 Å². The van der Waals surface area contributed by atoms with Crippen molar-refractivity contribution in [2.45, 2.75) is 19.9 Å². The number of rotatable bonds is 6. The first kappa shape index (κ1) is 18.7. The number of carbonyl (C=O) groups excluding carboxylic acids is 1. The van der Waals surface area contributed by atoms with Gasteiger partial charge in [0.15, 0.2) is 5.13 Å². The Morgan fingerprint density at radius 3 is 2.78 bits per heavy atom. The number of aromatic hydroxyl groups is 1. The molecular formula is C19H20N4O3S. The predicted octanol–water partition coefficient (Wildman–Crippen LogP) is 3.35. The molecule has 0 spiro atoms. The molecule has 0 bridgehead atoms.